The smallest absolute Gasteiger partial charge is 0.161 e. The maximum atomic E-state index is 13.0. The van der Waals surface area contributed by atoms with Crippen molar-refractivity contribution in [1.29, 1.82) is 0 Å². The van der Waals surface area contributed by atoms with Crippen molar-refractivity contribution in [3.8, 4) is 11.5 Å². The molecule has 21 heavy (non-hydrogen) atoms. The predicted molar refractivity (Wildman–Crippen MR) is 78.0 cm³/mol. The summed E-state index contributed by atoms with van der Waals surface area (Å²) in [5.41, 5.74) is 0.510. The van der Waals surface area contributed by atoms with Gasteiger partial charge < -0.3 is 14.8 Å². The van der Waals surface area contributed by atoms with Gasteiger partial charge in [0.2, 0.25) is 0 Å². The Hall–Kier alpha value is -2.30. The van der Waals surface area contributed by atoms with Crippen molar-refractivity contribution < 1.29 is 18.3 Å². The van der Waals surface area contributed by atoms with Crippen LogP contribution in [-0.4, -0.2) is 19.8 Å². The van der Waals surface area contributed by atoms with Crippen molar-refractivity contribution in [2.45, 2.75) is 6.92 Å². The molecular weight excluding hydrogens is 276 g/mol. The van der Waals surface area contributed by atoms with E-state index in [0.717, 1.165) is 12.1 Å². The molecule has 112 valence electrons. The molecule has 0 aliphatic rings. The van der Waals surface area contributed by atoms with Crippen LogP contribution in [0.1, 0.15) is 6.92 Å². The van der Waals surface area contributed by atoms with Crippen molar-refractivity contribution in [2.24, 2.45) is 0 Å². The molecule has 2 aromatic rings. The van der Waals surface area contributed by atoms with E-state index in [1.807, 2.05) is 31.2 Å². The maximum Gasteiger partial charge on any atom is 0.161 e. The van der Waals surface area contributed by atoms with E-state index < -0.39 is 11.6 Å². The van der Waals surface area contributed by atoms with E-state index in [-0.39, 0.29) is 0 Å². The first kappa shape index (κ1) is 15.1. The number of halogens is 2. The highest BCUT2D eigenvalue weighted by Crippen LogP contribution is 2.26. The van der Waals surface area contributed by atoms with E-state index >= 15 is 0 Å². The average Bonchev–Trinajstić information content (AvgIpc) is 2.49. The van der Waals surface area contributed by atoms with Crippen molar-refractivity contribution in [3.63, 3.8) is 0 Å². The van der Waals surface area contributed by atoms with Crippen LogP contribution in [0.25, 0.3) is 0 Å². The van der Waals surface area contributed by atoms with Crippen LogP contribution < -0.4 is 14.8 Å². The lowest BCUT2D eigenvalue weighted by molar-refractivity contribution is 0.284. The van der Waals surface area contributed by atoms with Crippen LogP contribution in [0, 0.1) is 11.6 Å². The highest BCUT2D eigenvalue weighted by molar-refractivity contribution is 5.43. The van der Waals surface area contributed by atoms with Crippen molar-refractivity contribution in [1.82, 2.24) is 0 Å². The Balaban J connectivity index is 1.83. The van der Waals surface area contributed by atoms with Crippen LogP contribution in [0.4, 0.5) is 14.5 Å². The van der Waals surface area contributed by atoms with Crippen LogP contribution in [0.2, 0.25) is 0 Å². The fourth-order valence-corrected chi connectivity index (χ4v) is 1.81. The van der Waals surface area contributed by atoms with E-state index in [4.69, 9.17) is 9.47 Å². The highest BCUT2D eigenvalue weighted by atomic mass is 19.2. The lowest BCUT2D eigenvalue weighted by atomic mass is 10.3. The van der Waals surface area contributed by atoms with E-state index in [0.29, 0.717) is 36.9 Å². The molecule has 2 rings (SSSR count). The van der Waals surface area contributed by atoms with Crippen molar-refractivity contribution in [2.75, 3.05) is 25.1 Å². The predicted octanol–water partition coefficient (Wildman–Crippen LogP) is 3.85. The summed E-state index contributed by atoms with van der Waals surface area (Å²) in [6.45, 7) is 3.31. The van der Waals surface area contributed by atoms with Crippen molar-refractivity contribution in [3.05, 3.63) is 54.1 Å². The number of nitrogens with one attached hydrogen (secondary N) is 1. The lowest BCUT2D eigenvalue weighted by Gasteiger charge is -2.12. The van der Waals surface area contributed by atoms with Gasteiger partial charge in [0.05, 0.1) is 6.61 Å². The number of rotatable bonds is 7. The van der Waals surface area contributed by atoms with Gasteiger partial charge in [0.1, 0.15) is 6.61 Å². The molecule has 0 atom stereocenters. The summed E-state index contributed by atoms with van der Waals surface area (Å²) >= 11 is 0. The van der Waals surface area contributed by atoms with Gasteiger partial charge in [-0.15, -0.1) is 0 Å². The molecule has 0 aliphatic carbocycles. The number of ether oxygens (including phenoxy) is 2. The SMILES string of the molecule is CCOc1ccccc1OCCNc1ccc(F)c(F)c1. The van der Waals surface area contributed by atoms with E-state index in [9.17, 15) is 8.78 Å². The Morgan fingerprint density at radius 2 is 1.67 bits per heavy atom. The van der Waals surface area contributed by atoms with Gasteiger partial charge in [-0.1, -0.05) is 12.1 Å². The zero-order chi connectivity index (χ0) is 15.1. The van der Waals surface area contributed by atoms with Crippen molar-refractivity contribution >= 4 is 5.69 Å². The molecule has 0 amide bonds. The molecule has 0 saturated heterocycles. The molecule has 2 aromatic carbocycles. The summed E-state index contributed by atoms with van der Waals surface area (Å²) in [6, 6.07) is 11.1. The Morgan fingerprint density at radius 1 is 0.952 bits per heavy atom. The highest BCUT2D eigenvalue weighted by Gasteiger charge is 2.04. The summed E-state index contributed by atoms with van der Waals surface area (Å²) in [4.78, 5) is 0. The van der Waals surface area contributed by atoms with Gasteiger partial charge in [0.15, 0.2) is 23.1 Å². The minimum absolute atomic E-state index is 0.378. The molecule has 0 bridgehead atoms. The van der Waals surface area contributed by atoms with E-state index in [2.05, 4.69) is 5.32 Å². The largest absolute Gasteiger partial charge is 0.490 e. The third-order valence-corrected chi connectivity index (χ3v) is 2.76. The topological polar surface area (TPSA) is 30.5 Å². The van der Waals surface area contributed by atoms with Gasteiger partial charge >= 0.3 is 0 Å². The second-order valence-electron chi connectivity index (χ2n) is 4.28. The molecule has 0 fully saturated rings. The number of para-hydroxylation sites is 2. The molecule has 0 aliphatic heterocycles. The second kappa shape index (κ2) is 7.47. The van der Waals surface area contributed by atoms with E-state index in [1.54, 1.807) is 0 Å². The van der Waals surface area contributed by atoms with E-state index in [1.165, 1.54) is 6.07 Å². The van der Waals surface area contributed by atoms with Gasteiger partial charge in [-0.25, -0.2) is 8.78 Å². The lowest BCUT2D eigenvalue weighted by Crippen LogP contribution is -2.12. The summed E-state index contributed by atoms with van der Waals surface area (Å²) in [6.07, 6.45) is 0. The molecule has 3 nitrogen and oxygen atoms in total. The number of benzene rings is 2. The zero-order valence-corrected chi connectivity index (χ0v) is 11.7. The number of anilines is 1. The molecule has 1 N–H and O–H groups in total. The molecule has 0 heterocycles. The fourth-order valence-electron chi connectivity index (χ4n) is 1.81. The quantitative estimate of drug-likeness (QED) is 0.786. The van der Waals surface area contributed by atoms with Gasteiger partial charge in [0.25, 0.3) is 0 Å². The standard InChI is InChI=1S/C16H17F2NO2/c1-2-20-15-5-3-4-6-16(15)21-10-9-19-12-7-8-13(17)14(18)11-12/h3-8,11,19H,2,9-10H2,1H3. The van der Waals surface area contributed by atoms with Gasteiger partial charge in [-0.05, 0) is 31.2 Å². The third-order valence-electron chi connectivity index (χ3n) is 2.76. The van der Waals surface area contributed by atoms with Gasteiger partial charge in [0, 0.05) is 18.3 Å². The summed E-state index contributed by atoms with van der Waals surface area (Å²) in [5, 5.41) is 2.96. The van der Waals surface area contributed by atoms with Crippen LogP contribution >= 0.6 is 0 Å². The minimum atomic E-state index is -0.873. The average molecular weight is 293 g/mol. The van der Waals surface area contributed by atoms with Gasteiger partial charge in [-0.2, -0.15) is 0 Å². The molecule has 0 aromatic heterocycles. The molecule has 0 unspecified atom stereocenters. The van der Waals surface area contributed by atoms with Gasteiger partial charge in [-0.3, -0.25) is 0 Å². The fraction of sp³-hybridized carbons (Fsp3) is 0.250. The summed E-state index contributed by atoms with van der Waals surface area (Å²) in [7, 11) is 0. The molecule has 5 heteroatoms. The normalized spacial score (nSPS) is 10.2. The third kappa shape index (κ3) is 4.34. The van der Waals surface area contributed by atoms with Crippen LogP contribution in [0.15, 0.2) is 42.5 Å². The van der Waals surface area contributed by atoms with Crippen LogP contribution in [-0.2, 0) is 0 Å². The number of hydrogen-bond acceptors (Lipinski definition) is 3. The first-order valence-electron chi connectivity index (χ1n) is 6.74. The summed E-state index contributed by atoms with van der Waals surface area (Å²) < 4.78 is 36.9. The number of hydrogen-bond donors (Lipinski definition) is 1. The Labute approximate surface area is 122 Å². The maximum absolute atomic E-state index is 13.0. The molecular formula is C16H17F2NO2. The Kier molecular flexibility index (Phi) is 5.37. The first-order chi connectivity index (χ1) is 10.2. The first-order valence-corrected chi connectivity index (χ1v) is 6.74. The Morgan fingerprint density at radius 3 is 2.33 bits per heavy atom. The molecule has 0 radical (unpaired) electrons. The zero-order valence-electron chi connectivity index (χ0n) is 11.7. The van der Waals surface area contributed by atoms with Crippen LogP contribution in [0.5, 0.6) is 11.5 Å². The van der Waals surface area contributed by atoms with Crippen LogP contribution in [0.3, 0.4) is 0 Å². The Bertz CT molecular complexity index is 590. The monoisotopic (exact) mass is 293 g/mol. The summed E-state index contributed by atoms with van der Waals surface area (Å²) in [5.74, 6) is -0.385. The minimum Gasteiger partial charge on any atom is -0.490 e. The second-order valence-corrected chi connectivity index (χ2v) is 4.28. The molecule has 0 saturated carbocycles. The molecule has 0 spiro atoms.